The smallest absolute Gasteiger partial charge is 0.218 e. The molecule has 5 nitrogen and oxygen atoms in total. The first-order valence-corrected chi connectivity index (χ1v) is 9.06. The summed E-state index contributed by atoms with van der Waals surface area (Å²) in [5.74, 6) is 0.0137. The molecule has 118 valence electrons. The van der Waals surface area contributed by atoms with Gasteiger partial charge in [-0.05, 0) is 30.4 Å². The van der Waals surface area contributed by atoms with Crippen LogP contribution in [0, 0.1) is 0 Å². The Kier molecular flexibility index (Phi) is 5.75. The molecule has 0 amide bonds. The van der Waals surface area contributed by atoms with Crippen LogP contribution < -0.4 is 5.73 Å². The molecule has 0 aromatic heterocycles. The van der Waals surface area contributed by atoms with Crippen molar-refractivity contribution in [3.63, 3.8) is 0 Å². The van der Waals surface area contributed by atoms with Crippen molar-refractivity contribution in [1.82, 2.24) is 4.31 Å². The Morgan fingerprint density at radius 1 is 1.19 bits per heavy atom. The third kappa shape index (κ3) is 4.26. The molecule has 1 aromatic carbocycles. The number of hydrogen-bond acceptors (Lipinski definition) is 4. The maximum Gasteiger partial charge on any atom is 0.218 e. The molecule has 1 fully saturated rings. The molecule has 1 aliphatic rings. The van der Waals surface area contributed by atoms with Crippen molar-refractivity contribution in [2.24, 2.45) is 5.73 Å². The van der Waals surface area contributed by atoms with Gasteiger partial charge in [-0.15, -0.1) is 0 Å². The molecule has 1 atom stereocenters. The van der Waals surface area contributed by atoms with E-state index in [1.165, 1.54) is 0 Å². The SMILES string of the molecule is NCc1ccc(CS(=O)(=O)N2CCCCC2CCO)cc1. The van der Waals surface area contributed by atoms with Crippen LogP contribution in [0.25, 0.3) is 0 Å². The van der Waals surface area contributed by atoms with E-state index in [2.05, 4.69) is 0 Å². The summed E-state index contributed by atoms with van der Waals surface area (Å²) in [5, 5.41) is 9.12. The fourth-order valence-corrected chi connectivity index (χ4v) is 4.69. The second-order valence-corrected chi connectivity index (χ2v) is 7.47. The molecule has 0 saturated carbocycles. The Bertz CT molecular complexity index is 541. The van der Waals surface area contributed by atoms with Gasteiger partial charge in [-0.2, -0.15) is 4.31 Å². The van der Waals surface area contributed by atoms with Gasteiger partial charge in [0.25, 0.3) is 0 Å². The summed E-state index contributed by atoms with van der Waals surface area (Å²) in [6.07, 6.45) is 3.28. The van der Waals surface area contributed by atoms with E-state index in [0.29, 0.717) is 19.5 Å². The van der Waals surface area contributed by atoms with Crippen molar-refractivity contribution in [3.05, 3.63) is 35.4 Å². The van der Waals surface area contributed by atoms with Gasteiger partial charge in [0.2, 0.25) is 10.0 Å². The Balaban J connectivity index is 2.11. The number of nitrogens with two attached hydrogens (primary N) is 1. The molecule has 21 heavy (non-hydrogen) atoms. The molecule has 0 spiro atoms. The van der Waals surface area contributed by atoms with Crippen LogP contribution in [0.1, 0.15) is 36.8 Å². The van der Waals surface area contributed by atoms with E-state index >= 15 is 0 Å². The zero-order chi connectivity index (χ0) is 15.3. The molecule has 3 N–H and O–H groups in total. The number of aliphatic hydroxyl groups is 1. The number of hydrogen-bond donors (Lipinski definition) is 2. The second kappa shape index (κ2) is 7.35. The largest absolute Gasteiger partial charge is 0.396 e. The molecule has 1 saturated heterocycles. The number of nitrogens with zero attached hydrogens (tertiary/aromatic N) is 1. The molecular weight excluding hydrogens is 288 g/mol. The standard InChI is InChI=1S/C15H24N2O3S/c16-11-13-4-6-14(7-5-13)12-21(19,20)17-9-2-1-3-15(17)8-10-18/h4-7,15,18H,1-3,8-12,16H2. The number of sulfonamides is 1. The Morgan fingerprint density at radius 2 is 1.86 bits per heavy atom. The van der Waals surface area contributed by atoms with E-state index in [9.17, 15) is 8.42 Å². The zero-order valence-corrected chi connectivity index (χ0v) is 13.1. The van der Waals surface area contributed by atoms with Crippen LogP contribution in [0.4, 0.5) is 0 Å². The molecule has 1 heterocycles. The fraction of sp³-hybridized carbons (Fsp3) is 0.600. The lowest BCUT2D eigenvalue weighted by molar-refractivity contribution is 0.192. The van der Waals surface area contributed by atoms with Crippen LogP contribution in [0.3, 0.4) is 0 Å². The molecule has 1 aliphatic heterocycles. The third-order valence-electron chi connectivity index (χ3n) is 4.00. The monoisotopic (exact) mass is 312 g/mol. The highest BCUT2D eigenvalue weighted by molar-refractivity contribution is 7.88. The minimum atomic E-state index is -3.34. The predicted molar refractivity (Wildman–Crippen MR) is 83.0 cm³/mol. The summed E-state index contributed by atoms with van der Waals surface area (Å²) < 4.78 is 26.8. The van der Waals surface area contributed by atoms with Crippen LogP contribution in [-0.2, 0) is 22.3 Å². The molecule has 1 aromatic rings. The van der Waals surface area contributed by atoms with E-state index in [0.717, 1.165) is 30.4 Å². The molecule has 6 heteroatoms. The lowest BCUT2D eigenvalue weighted by atomic mass is 10.0. The van der Waals surface area contributed by atoms with Crippen molar-refractivity contribution >= 4 is 10.0 Å². The zero-order valence-electron chi connectivity index (χ0n) is 12.2. The minimum Gasteiger partial charge on any atom is -0.396 e. The van der Waals surface area contributed by atoms with Crippen LogP contribution in [0.2, 0.25) is 0 Å². The van der Waals surface area contributed by atoms with Crippen molar-refractivity contribution in [2.75, 3.05) is 13.2 Å². The molecule has 0 bridgehead atoms. The third-order valence-corrected chi connectivity index (χ3v) is 5.89. The summed E-state index contributed by atoms with van der Waals surface area (Å²) in [6, 6.07) is 7.32. The van der Waals surface area contributed by atoms with Crippen molar-refractivity contribution in [1.29, 1.82) is 0 Å². The molecule has 1 unspecified atom stereocenters. The first-order chi connectivity index (χ1) is 10.1. The lowest BCUT2D eigenvalue weighted by Crippen LogP contribution is -2.44. The average molecular weight is 312 g/mol. The van der Waals surface area contributed by atoms with Crippen molar-refractivity contribution in [2.45, 2.75) is 44.0 Å². The highest BCUT2D eigenvalue weighted by atomic mass is 32.2. The van der Waals surface area contributed by atoms with Gasteiger partial charge in [0.05, 0.1) is 5.75 Å². The molecule has 0 aliphatic carbocycles. The first kappa shape index (κ1) is 16.4. The van der Waals surface area contributed by atoms with E-state index in [4.69, 9.17) is 10.8 Å². The van der Waals surface area contributed by atoms with E-state index < -0.39 is 10.0 Å². The summed E-state index contributed by atoms with van der Waals surface area (Å²) >= 11 is 0. The van der Waals surface area contributed by atoms with Gasteiger partial charge in [0, 0.05) is 25.7 Å². The van der Waals surface area contributed by atoms with Crippen molar-refractivity contribution in [3.8, 4) is 0 Å². The second-order valence-electron chi connectivity index (χ2n) is 5.55. The minimum absolute atomic E-state index is 0.0137. The molecule has 0 radical (unpaired) electrons. The number of aliphatic hydroxyl groups excluding tert-OH is 1. The average Bonchev–Trinajstić information content (AvgIpc) is 2.48. The fourth-order valence-electron chi connectivity index (χ4n) is 2.84. The van der Waals surface area contributed by atoms with Gasteiger partial charge in [-0.25, -0.2) is 8.42 Å². The van der Waals surface area contributed by atoms with Crippen LogP contribution in [0.5, 0.6) is 0 Å². The topological polar surface area (TPSA) is 83.6 Å². The molecule has 2 rings (SSSR count). The van der Waals surface area contributed by atoms with E-state index in [1.54, 1.807) is 4.31 Å². The number of piperidine rings is 1. The number of benzene rings is 1. The van der Waals surface area contributed by atoms with Crippen LogP contribution in [0.15, 0.2) is 24.3 Å². The Labute approximate surface area is 126 Å². The van der Waals surface area contributed by atoms with Gasteiger partial charge in [-0.3, -0.25) is 0 Å². The highest BCUT2D eigenvalue weighted by Crippen LogP contribution is 2.24. The summed E-state index contributed by atoms with van der Waals surface area (Å²) in [4.78, 5) is 0. The maximum atomic E-state index is 12.6. The van der Waals surface area contributed by atoms with Crippen LogP contribution >= 0.6 is 0 Å². The van der Waals surface area contributed by atoms with Gasteiger partial charge in [-0.1, -0.05) is 30.7 Å². The van der Waals surface area contributed by atoms with Gasteiger partial charge < -0.3 is 10.8 Å². The summed E-state index contributed by atoms with van der Waals surface area (Å²) in [6.45, 7) is 1.05. The predicted octanol–water partition coefficient (Wildman–Crippen LogP) is 1.21. The van der Waals surface area contributed by atoms with Gasteiger partial charge >= 0.3 is 0 Å². The normalized spacial score (nSPS) is 20.6. The van der Waals surface area contributed by atoms with Gasteiger partial charge in [0.15, 0.2) is 0 Å². The highest BCUT2D eigenvalue weighted by Gasteiger charge is 2.31. The van der Waals surface area contributed by atoms with Crippen molar-refractivity contribution < 1.29 is 13.5 Å². The van der Waals surface area contributed by atoms with Gasteiger partial charge in [0.1, 0.15) is 0 Å². The quantitative estimate of drug-likeness (QED) is 0.827. The lowest BCUT2D eigenvalue weighted by Gasteiger charge is -2.34. The molecular formula is C15H24N2O3S. The Morgan fingerprint density at radius 3 is 2.48 bits per heavy atom. The maximum absolute atomic E-state index is 12.6. The Hall–Kier alpha value is -0.950. The van der Waals surface area contributed by atoms with E-state index in [-0.39, 0.29) is 18.4 Å². The summed E-state index contributed by atoms with van der Waals surface area (Å²) in [5.41, 5.74) is 7.32. The van der Waals surface area contributed by atoms with E-state index in [1.807, 2.05) is 24.3 Å². The van der Waals surface area contributed by atoms with Crippen LogP contribution in [-0.4, -0.2) is 37.0 Å². The summed E-state index contributed by atoms with van der Waals surface area (Å²) in [7, 11) is -3.34. The number of rotatable bonds is 6. The first-order valence-electron chi connectivity index (χ1n) is 7.45.